The summed E-state index contributed by atoms with van der Waals surface area (Å²) < 4.78 is 6.31. The van der Waals surface area contributed by atoms with E-state index >= 15 is 0 Å². The minimum absolute atomic E-state index is 0. The van der Waals surface area contributed by atoms with Crippen LogP contribution in [0.4, 0.5) is 0 Å². The molecule has 0 heterocycles. The maximum Gasteiger partial charge on any atom is 1.00 e. The fraction of sp³-hybridized carbons (Fsp3) is 0.654. The Balaban J connectivity index is 0.00000841. The summed E-state index contributed by atoms with van der Waals surface area (Å²) in [6, 6.07) is 8.19. The SMILES string of the molecule is C=Cc1ccc(OC(CCCCCCCC)CCCCCCCCC(=O)[O-])cc1.[Na+]. The molecule has 0 aliphatic carbocycles. The van der Waals surface area contributed by atoms with Crippen LogP contribution in [0.1, 0.15) is 109 Å². The molecule has 0 saturated carbocycles. The first-order valence-electron chi connectivity index (χ1n) is 11.7. The molecule has 0 amide bonds. The van der Waals surface area contributed by atoms with Crippen LogP contribution in [0.25, 0.3) is 6.08 Å². The maximum absolute atomic E-state index is 10.4. The molecular weight excluding hydrogens is 383 g/mol. The average Bonchev–Trinajstić information content (AvgIpc) is 2.72. The fourth-order valence-corrected chi connectivity index (χ4v) is 3.64. The molecule has 0 bridgehead atoms. The Hall–Kier alpha value is -0.770. The molecule has 1 aromatic carbocycles. The van der Waals surface area contributed by atoms with Gasteiger partial charge in [0.25, 0.3) is 0 Å². The van der Waals surface area contributed by atoms with Crippen LogP contribution in [0.3, 0.4) is 0 Å². The molecule has 1 rings (SSSR count). The van der Waals surface area contributed by atoms with Gasteiger partial charge in [-0.25, -0.2) is 0 Å². The molecule has 0 aliphatic heterocycles. The van der Waals surface area contributed by atoms with Gasteiger partial charge in [0, 0.05) is 5.97 Å². The van der Waals surface area contributed by atoms with Gasteiger partial charge in [0.05, 0.1) is 6.10 Å². The van der Waals surface area contributed by atoms with Crippen LogP contribution >= 0.6 is 0 Å². The molecule has 1 unspecified atom stereocenters. The van der Waals surface area contributed by atoms with Gasteiger partial charge in [-0.2, -0.15) is 0 Å². The van der Waals surface area contributed by atoms with Crippen molar-refractivity contribution in [2.24, 2.45) is 0 Å². The summed E-state index contributed by atoms with van der Waals surface area (Å²) in [5.74, 6) is 0.0228. The van der Waals surface area contributed by atoms with Gasteiger partial charge < -0.3 is 14.6 Å². The quantitative estimate of drug-likeness (QED) is 0.251. The Bertz CT molecular complexity index is 542. The van der Waals surface area contributed by atoms with Gasteiger partial charge in [0.15, 0.2) is 0 Å². The van der Waals surface area contributed by atoms with Gasteiger partial charge in [-0.1, -0.05) is 89.5 Å². The van der Waals surface area contributed by atoms with Crippen molar-refractivity contribution in [3.63, 3.8) is 0 Å². The summed E-state index contributed by atoms with van der Waals surface area (Å²) in [4.78, 5) is 10.4. The standard InChI is InChI=1S/C26H42O3.Na/c1-3-5-6-7-10-13-16-24(29-25-21-19-23(4-2)20-22-25)17-14-11-8-9-12-15-18-26(27)28;/h4,19-22,24H,2-3,5-18H2,1H3,(H,27,28);/q;+1/p-1. The molecule has 4 heteroatoms. The number of carboxylic acid groups (broad SMARTS) is 1. The summed E-state index contributed by atoms with van der Waals surface area (Å²) in [6.07, 6.45) is 18.8. The van der Waals surface area contributed by atoms with E-state index in [1.165, 1.54) is 57.8 Å². The first-order valence-corrected chi connectivity index (χ1v) is 11.7. The molecule has 0 aromatic heterocycles. The third-order valence-electron chi connectivity index (χ3n) is 5.46. The van der Waals surface area contributed by atoms with E-state index in [4.69, 9.17) is 4.74 Å². The van der Waals surface area contributed by atoms with E-state index in [0.29, 0.717) is 0 Å². The second-order valence-electron chi connectivity index (χ2n) is 8.10. The molecule has 0 saturated heterocycles. The van der Waals surface area contributed by atoms with Gasteiger partial charge in [-0.05, 0) is 56.2 Å². The molecule has 1 atom stereocenters. The van der Waals surface area contributed by atoms with Gasteiger partial charge in [-0.3, -0.25) is 0 Å². The molecule has 0 spiro atoms. The summed E-state index contributed by atoms with van der Waals surface area (Å²) in [6.45, 7) is 6.06. The van der Waals surface area contributed by atoms with Crippen molar-refractivity contribution in [1.29, 1.82) is 0 Å². The number of hydrogen-bond acceptors (Lipinski definition) is 3. The smallest absolute Gasteiger partial charge is 0.550 e. The molecule has 0 aliphatic rings. The van der Waals surface area contributed by atoms with Crippen molar-refractivity contribution in [3.8, 4) is 5.75 Å². The minimum Gasteiger partial charge on any atom is -0.550 e. The zero-order chi connectivity index (χ0) is 21.2. The Labute approximate surface area is 207 Å². The van der Waals surface area contributed by atoms with Crippen molar-refractivity contribution in [1.82, 2.24) is 0 Å². The van der Waals surface area contributed by atoms with Crippen LogP contribution in [0.5, 0.6) is 5.75 Å². The second kappa shape index (κ2) is 20.2. The van der Waals surface area contributed by atoms with Crippen molar-refractivity contribution in [3.05, 3.63) is 36.4 Å². The first kappa shape index (κ1) is 29.2. The van der Waals surface area contributed by atoms with Crippen molar-refractivity contribution in [2.75, 3.05) is 0 Å². The Morgan fingerprint density at radius 2 is 1.40 bits per heavy atom. The molecule has 1 aromatic rings. The van der Waals surface area contributed by atoms with Crippen molar-refractivity contribution >= 4 is 12.0 Å². The number of aliphatic carboxylic acids is 1. The zero-order valence-electron chi connectivity index (χ0n) is 19.5. The largest absolute Gasteiger partial charge is 1.00 e. The van der Waals surface area contributed by atoms with Gasteiger partial charge >= 0.3 is 29.6 Å². The van der Waals surface area contributed by atoms with Crippen LogP contribution < -0.4 is 39.4 Å². The fourth-order valence-electron chi connectivity index (χ4n) is 3.64. The number of unbranched alkanes of at least 4 members (excludes halogenated alkanes) is 10. The number of carbonyl (C=O) groups is 1. The summed E-state index contributed by atoms with van der Waals surface area (Å²) >= 11 is 0. The monoisotopic (exact) mass is 424 g/mol. The molecular formula is C26H41NaO3. The number of ether oxygens (including phenoxy) is 1. The van der Waals surface area contributed by atoms with Crippen molar-refractivity contribution < 1.29 is 44.2 Å². The molecule has 0 N–H and O–H groups in total. The van der Waals surface area contributed by atoms with Crippen LogP contribution in [-0.4, -0.2) is 12.1 Å². The third kappa shape index (κ3) is 16.0. The number of carboxylic acids is 1. The third-order valence-corrected chi connectivity index (χ3v) is 5.46. The van der Waals surface area contributed by atoms with Crippen LogP contribution in [-0.2, 0) is 4.79 Å². The van der Waals surface area contributed by atoms with Crippen LogP contribution in [0.2, 0.25) is 0 Å². The van der Waals surface area contributed by atoms with E-state index in [9.17, 15) is 9.90 Å². The number of hydrogen-bond donors (Lipinski definition) is 0. The molecule has 3 nitrogen and oxygen atoms in total. The van der Waals surface area contributed by atoms with E-state index in [2.05, 4.69) is 25.6 Å². The van der Waals surface area contributed by atoms with Gasteiger partial charge in [-0.15, -0.1) is 0 Å². The van der Waals surface area contributed by atoms with E-state index in [1.54, 1.807) is 0 Å². The van der Waals surface area contributed by atoms with E-state index in [0.717, 1.165) is 43.4 Å². The molecule has 30 heavy (non-hydrogen) atoms. The van der Waals surface area contributed by atoms with Crippen LogP contribution in [0.15, 0.2) is 30.8 Å². The predicted molar refractivity (Wildman–Crippen MR) is 121 cm³/mol. The van der Waals surface area contributed by atoms with Crippen LogP contribution in [0, 0.1) is 0 Å². The number of benzene rings is 1. The topological polar surface area (TPSA) is 49.4 Å². The predicted octanol–water partition coefficient (Wildman–Crippen LogP) is 3.70. The van der Waals surface area contributed by atoms with Gasteiger partial charge in [0.2, 0.25) is 0 Å². The summed E-state index contributed by atoms with van der Waals surface area (Å²) in [5.41, 5.74) is 1.11. The number of rotatable bonds is 19. The molecule has 164 valence electrons. The average molecular weight is 425 g/mol. The molecule has 0 radical (unpaired) electrons. The molecule has 0 fully saturated rings. The van der Waals surface area contributed by atoms with Gasteiger partial charge in [0.1, 0.15) is 5.75 Å². The van der Waals surface area contributed by atoms with Crippen molar-refractivity contribution in [2.45, 2.75) is 109 Å². The van der Waals surface area contributed by atoms with E-state index in [1.807, 2.05) is 18.2 Å². The summed E-state index contributed by atoms with van der Waals surface area (Å²) in [5, 5.41) is 10.4. The maximum atomic E-state index is 10.4. The Morgan fingerprint density at radius 3 is 1.90 bits per heavy atom. The second-order valence-corrected chi connectivity index (χ2v) is 8.10. The number of carbonyl (C=O) groups excluding carboxylic acids is 1. The minimum atomic E-state index is -0.930. The first-order chi connectivity index (χ1) is 14.2. The summed E-state index contributed by atoms with van der Waals surface area (Å²) in [7, 11) is 0. The normalized spacial score (nSPS) is 11.5. The zero-order valence-corrected chi connectivity index (χ0v) is 21.5. The Morgan fingerprint density at radius 1 is 0.900 bits per heavy atom. The Kier molecular flexibility index (Phi) is 19.6. The van der Waals surface area contributed by atoms with E-state index in [-0.39, 0.29) is 42.1 Å². The van der Waals surface area contributed by atoms with E-state index < -0.39 is 5.97 Å².